The standard InChI is InChI=1S/C22H21N3O8/c1-33-22(30)13-9-10-15(17(26)12-13)23-18(27)8-3-2-4-11-24-20(28)14-6-5-7-16(25(31)32)19(14)21(24)29/h5-7,9-10,12,26H,2-4,8,11H2,1H3,(H,23,27). The molecular formula is C22H21N3O8. The number of phenols is 1. The minimum atomic E-state index is -0.689. The lowest BCUT2D eigenvalue weighted by Crippen LogP contribution is -2.30. The largest absolute Gasteiger partial charge is 0.506 e. The number of rotatable bonds is 9. The maximum absolute atomic E-state index is 12.5. The van der Waals surface area contributed by atoms with E-state index in [0.717, 1.165) is 4.90 Å². The van der Waals surface area contributed by atoms with Crippen LogP contribution in [-0.2, 0) is 9.53 Å². The van der Waals surface area contributed by atoms with Gasteiger partial charge in [-0.05, 0) is 37.1 Å². The smallest absolute Gasteiger partial charge is 0.337 e. The zero-order valence-corrected chi connectivity index (χ0v) is 17.7. The van der Waals surface area contributed by atoms with E-state index < -0.39 is 28.4 Å². The van der Waals surface area contributed by atoms with Gasteiger partial charge >= 0.3 is 5.97 Å². The van der Waals surface area contributed by atoms with E-state index in [4.69, 9.17) is 0 Å². The van der Waals surface area contributed by atoms with Crippen molar-refractivity contribution in [3.63, 3.8) is 0 Å². The number of aromatic hydroxyl groups is 1. The normalized spacial score (nSPS) is 12.5. The van der Waals surface area contributed by atoms with Gasteiger partial charge in [0, 0.05) is 19.0 Å². The highest BCUT2D eigenvalue weighted by atomic mass is 16.6. The second-order valence-corrected chi connectivity index (χ2v) is 7.30. The van der Waals surface area contributed by atoms with Gasteiger partial charge in [0.15, 0.2) is 0 Å². The third kappa shape index (κ3) is 4.97. The molecule has 0 unspecified atom stereocenters. The molecular weight excluding hydrogens is 434 g/mol. The van der Waals surface area contributed by atoms with E-state index in [-0.39, 0.29) is 47.0 Å². The Morgan fingerprint density at radius 2 is 1.88 bits per heavy atom. The quantitative estimate of drug-likeness (QED) is 0.146. The van der Waals surface area contributed by atoms with Crippen LogP contribution >= 0.6 is 0 Å². The van der Waals surface area contributed by atoms with E-state index in [9.17, 15) is 34.4 Å². The van der Waals surface area contributed by atoms with Crippen LogP contribution in [0.5, 0.6) is 5.75 Å². The number of carbonyl (C=O) groups excluding carboxylic acids is 4. The molecule has 172 valence electrons. The number of amides is 3. The Morgan fingerprint density at radius 3 is 2.55 bits per heavy atom. The summed E-state index contributed by atoms with van der Waals surface area (Å²) in [6.07, 6.45) is 1.53. The molecule has 3 rings (SSSR count). The number of nitrogens with one attached hydrogen (secondary N) is 1. The molecule has 2 aromatic carbocycles. The lowest BCUT2D eigenvalue weighted by Gasteiger charge is -2.13. The number of carbonyl (C=O) groups is 4. The fourth-order valence-electron chi connectivity index (χ4n) is 3.50. The predicted octanol–water partition coefficient (Wildman–Crippen LogP) is 2.88. The number of fused-ring (bicyclic) bond motifs is 1. The van der Waals surface area contributed by atoms with Crippen LogP contribution in [0, 0.1) is 10.1 Å². The molecule has 0 spiro atoms. The van der Waals surface area contributed by atoms with E-state index in [1.54, 1.807) is 0 Å². The first-order valence-corrected chi connectivity index (χ1v) is 10.1. The molecule has 1 aliphatic rings. The van der Waals surface area contributed by atoms with Gasteiger partial charge in [-0.15, -0.1) is 0 Å². The minimum Gasteiger partial charge on any atom is -0.506 e. The van der Waals surface area contributed by atoms with Gasteiger partial charge in [-0.1, -0.05) is 12.5 Å². The second-order valence-electron chi connectivity index (χ2n) is 7.30. The van der Waals surface area contributed by atoms with E-state index in [0.29, 0.717) is 19.3 Å². The Kier molecular flexibility index (Phi) is 7.01. The van der Waals surface area contributed by atoms with Gasteiger partial charge in [-0.25, -0.2) is 4.79 Å². The number of hydrogen-bond acceptors (Lipinski definition) is 8. The molecule has 1 heterocycles. The van der Waals surface area contributed by atoms with Crippen molar-refractivity contribution >= 4 is 35.1 Å². The third-order valence-electron chi connectivity index (χ3n) is 5.15. The molecule has 2 N–H and O–H groups in total. The Balaban J connectivity index is 1.46. The van der Waals surface area contributed by atoms with Gasteiger partial charge in [-0.3, -0.25) is 29.4 Å². The van der Waals surface area contributed by atoms with Crippen molar-refractivity contribution in [1.82, 2.24) is 4.90 Å². The van der Waals surface area contributed by atoms with Crippen molar-refractivity contribution in [1.29, 1.82) is 0 Å². The SMILES string of the molecule is COC(=O)c1ccc(NC(=O)CCCCCN2C(=O)c3cccc([N+](=O)[O-])c3C2=O)c(O)c1. The molecule has 0 bridgehead atoms. The van der Waals surface area contributed by atoms with Gasteiger partial charge in [0.2, 0.25) is 5.91 Å². The summed E-state index contributed by atoms with van der Waals surface area (Å²) in [4.78, 5) is 60.0. The zero-order chi connectivity index (χ0) is 24.1. The first-order valence-electron chi connectivity index (χ1n) is 10.1. The lowest BCUT2D eigenvalue weighted by molar-refractivity contribution is -0.385. The summed E-state index contributed by atoms with van der Waals surface area (Å²) in [5.74, 6) is -2.50. The average Bonchev–Trinajstić information content (AvgIpc) is 3.04. The molecule has 0 atom stereocenters. The van der Waals surface area contributed by atoms with Gasteiger partial charge in [0.1, 0.15) is 11.3 Å². The summed E-state index contributed by atoms with van der Waals surface area (Å²) in [7, 11) is 1.22. The Bertz CT molecular complexity index is 1140. The monoisotopic (exact) mass is 455 g/mol. The van der Waals surface area contributed by atoms with Crippen LogP contribution in [0.4, 0.5) is 11.4 Å². The summed E-state index contributed by atoms with van der Waals surface area (Å²) in [6.45, 7) is 0.0842. The van der Waals surface area contributed by atoms with E-state index in [2.05, 4.69) is 10.1 Å². The van der Waals surface area contributed by atoms with Crippen molar-refractivity contribution in [2.24, 2.45) is 0 Å². The predicted molar refractivity (Wildman–Crippen MR) is 115 cm³/mol. The average molecular weight is 455 g/mol. The summed E-state index contributed by atoms with van der Waals surface area (Å²) >= 11 is 0. The first kappa shape index (κ1) is 23.4. The van der Waals surface area contributed by atoms with Gasteiger partial charge in [0.05, 0.1) is 28.8 Å². The van der Waals surface area contributed by atoms with Gasteiger partial charge < -0.3 is 15.2 Å². The Labute approximate surface area is 188 Å². The summed E-state index contributed by atoms with van der Waals surface area (Å²) in [6, 6.07) is 7.93. The number of imide groups is 1. The van der Waals surface area contributed by atoms with Gasteiger partial charge in [-0.2, -0.15) is 0 Å². The van der Waals surface area contributed by atoms with Crippen molar-refractivity contribution in [2.75, 3.05) is 19.0 Å². The molecule has 33 heavy (non-hydrogen) atoms. The van der Waals surface area contributed by atoms with Crippen LogP contribution in [0.15, 0.2) is 36.4 Å². The van der Waals surface area contributed by atoms with E-state index in [1.165, 1.54) is 43.5 Å². The molecule has 0 aromatic heterocycles. The molecule has 1 aliphatic heterocycles. The molecule has 3 amide bonds. The van der Waals surface area contributed by atoms with Crippen LogP contribution in [0.2, 0.25) is 0 Å². The number of nitro benzene ring substituents is 1. The minimum absolute atomic E-state index is 0.0200. The topological polar surface area (TPSA) is 156 Å². The van der Waals surface area contributed by atoms with Crippen molar-refractivity contribution in [3.8, 4) is 5.75 Å². The van der Waals surface area contributed by atoms with Crippen LogP contribution in [0.3, 0.4) is 0 Å². The summed E-state index contributed by atoms with van der Waals surface area (Å²) < 4.78 is 4.56. The number of unbranched alkanes of at least 4 members (excludes halogenated alkanes) is 2. The van der Waals surface area contributed by atoms with Crippen LogP contribution in [0.25, 0.3) is 0 Å². The third-order valence-corrected chi connectivity index (χ3v) is 5.15. The summed E-state index contributed by atoms with van der Waals surface area (Å²) in [5, 5.41) is 23.6. The zero-order valence-electron chi connectivity index (χ0n) is 17.7. The van der Waals surface area contributed by atoms with Gasteiger partial charge in [0.25, 0.3) is 17.5 Å². The Morgan fingerprint density at radius 1 is 1.12 bits per heavy atom. The number of nitro groups is 1. The summed E-state index contributed by atoms with van der Waals surface area (Å²) in [5.41, 5.74) is -0.267. The molecule has 0 fully saturated rings. The molecule has 0 radical (unpaired) electrons. The number of benzene rings is 2. The molecule has 0 saturated heterocycles. The number of anilines is 1. The second kappa shape index (κ2) is 9.90. The molecule has 0 aliphatic carbocycles. The highest BCUT2D eigenvalue weighted by Crippen LogP contribution is 2.31. The van der Waals surface area contributed by atoms with Crippen LogP contribution < -0.4 is 5.32 Å². The first-order chi connectivity index (χ1) is 15.7. The maximum atomic E-state index is 12.5. The molecule has 11 nitrogen and oxygen atoms in total. The van der Waals surface area contributed by atoms with Crippen molar-refractivity contribution in [2.45, 2.75) is 25.7 Å². The number of ether oxygens (including phenoxy) is 1. The van der Waals surface area contributed by atoms with Crippen molar-refractivity contribution in [3.05, 3.63) is 63.2 Å². The maximum Gasteiger partial charge on any atom is 0.337 e. The number of hydrogen-bond donors (Lipinski definition) is 2. The Hall–Kier alpha value is -4.28. The number of nitrogens with zero attached hydrogens (tertiary/aromatic N) is 2. The highest BCUT2D eigenvalue weighted by molar-refractivity contribution is 6.23. The van der Waals surface area contributed by atoms with Crippen LogP contribution in [0.1, 0.15) is 56.8 Å². The molecule has 11 heteroatoms. The lowest BCUT2D eigenvalue weighted by atomic mass is 10.1. The van der Waals surface area contributed by atoms with E-state index in [1.807, 2.05) is 0 Å². The number of esters is 1. The fourth-order valence-corrected chi connectivity index (χ4v) is 3.50. The fraction of sp³-hybridized carbons (Fsp3) is 0.273. The number of methoxy groups -OCH3 is 1. The molecule has 2 aromatic rings. The number of phenolic OH excluding ortho intramolecular Hbond substituents is 1. The van der Waals surface area contributed by atoms with Crippen molar-refractivity contribution < 1.29 is 33.9 Å². The molecule has 0 saturated carbocycles. The van der Waals surface area contributed by atoms with E-state index >= 15 is 0 Å². The highest BCUT2D eigenvalue weighted by Gasteiger charge is 2.40. The van der Waals surface area contributed by atoms with Crippen LogP contribution in [-0.4, -0.2) is 52.3 Å².